The largest absolute Gasteiger partial charge is 0.352 e. The lowest BCUT2D eigenvalue weighted by atomic mass is 10.2. The smallest absolute Gasteiger partial charge is 0.221 e. The molecular formula is C13H16BrFN2OS. The monoisotopic (exact) mass is 346 g/mol. The number of hydrogen-bond donors (Lipinski definition) is 2. The third-order valence-electron chi connectivity index (χ3n) is 2.91. The SMILES string of the molecule is O=C(CC1CSCCN1)NCc1cc(Br)ccc1F. The number of carbonyl (C=O) groups excluding carboxylic acids is 1. The zero-order valence-electron chi connectivity index (χ0n) is 10.4. The highest BCUT2D eigenvalue weighted by atomic mass is 79.9. The van der Waals surface area contributed by atoms with Gasteiger partial charge in [-0.15, -0.1) is 0 Å². The number of hydrogen-bond acceptors (Lipinski definition) is 3. The summed E-state index contributed by atoms with van der Waals surface area (Å²) in [6, 6.07) is 4.95. The first-order valence-corrected chi connectivity index (χ1v) is 8.11. The third-order valence-corrected chi connectivity index (χ3v) is 4.54. The van der Waals surface area contributed by atoms with Gasteiger partial charge < -0.3 is 10.6 Å². The van der Waals surface area contributed by atoms with Gasteiger partial charge in [0.05, 0.1) is 0 Å². The van der Waals surface area contributed by atoms with Crippen LogP contribution in [0.2, 0.25) is 0 Å². The van der Waals surface area contributed by atoms with Crippen LogP contribution in [0.1, 0.15) is 12.0 Å². The van der Waals surface area contributed by atoms with Crippen molar-refractivity contribution in [2.24, 2.45) is 0 Å². The molecule has 1 unspecified atom stereocenters. The topological polar surface area (TPSA) is 41.1 Å². The van der Waals surface area contributed by atoms with Gasteiger partial charge in [0.25, 0.3) is 0 Å². The predicted octanol–water partition coefficient (Wildman–Crippen LogP) is 2.30. The van der Waals surface area contributed by atoms with Crippen LogP contribution < -0.4 is 10.6 Å². The fraction of sp³-hybridized carbons (Fsp3) is 0.462. The molecule has 0 aliphatic carbocycles. The summed E-state index contributed by atoms with van der Waals surface area (Å²) in [4.78, 5) is 11.8. The zero-order valence-corrected chi connectivity index (χ0v) is 12.8. The summed E-state index contributed by atoms with van der Waals surface area (Å²) in [7, 11) is 0. The molecule has 1 aromatic carbocycles. The van der Waals surface area contributed by atoms with Gasteiger partial charge in [-0.1, -0.05) is 15.9 Å². The number of nitrogens with one attached hydrogen (secondary N) is 2. The Morgan fingerprint density at radius 1 is 1.58 bits per heavy atom. The second-order valence-corrected chi connectivity index (χ2v) is 6.51. The van der Waals surface area contributed by atoms with Gasteiger partial charge in [-0.05, 0) is 18.2 Å². The van der Waals surface area contributed by atoms with Crippen molar-refractivity contribution in [2.75, 3.05) is 18.1 Å². The molecule has 0 radical (unpaired) electrons. The lowest BCUT2D eigenvalue weighted by molar-refractivity contribution is -0.121. The first-order chi connectivity index (χ1) is 9.15. The molecule has 0 saturated carbocycles. The summed E-state index contributed by atoms with van der Waals surface area (Å²) in [6.07, 6.45) is 0.447. The summed E-state index contributed by atoms with van der Waals surface area (Å²) in [6.45, 7) is 1.17. The highest BCUT2D eigenvalue weighted by Gasteiger charge is 2.16. The summed E-state index contributed by atoms with van der Waals surface area (Å²) in [5, 5.41) is 6.07. The van der Waals surface area contributed by atoms with Crippen molar-refractivity contribution in [3.63, 3.8) is 0 Å². The highest BCUT2D eigenvalue weighted by molar-refractivity contribution is 9.10. The van der Waals surface area contributed by atoms with E-state index in [9.17, 15) is 9.18 Å². The molecule has 104 valence electrons. The van der Waals surface area contributed by atoms with Crippen molar-refractivity contribution < 1.29 is 9.18 Å². The zero-order chi connectivity index (χ0) is 13.7. The van der Waals surface area contributed by atoms with Crippen molar-refractivity contribution in [1.29, 1.82) is 0 Å². The van der Waals surface area contributed by atoms with Crippen LogP contribution in [0.25, 0.3) is 0 Å². The molecule has 1 amide bonds. The number of carbonyl (C=O) groups is 1. The van der Waals surface area contributed by atoms with Crippen molar-refractivity contribution in [3.05, 3.63) is 34.1 Å². The van der Waals surface area contributed by atoms with E-state index in [-0.39, 0.29) is 24.3 Å². The van der Waals surface area contributed by atoms with Crippen LogP contribution in [-0.2, 0) is 11.3 Å². The number of thioether (sulfide) groups is 1. The molecule has 0 bridgehead atoms. The van der Waals surface area contributed by atoms with E-state index in [4.69, 9.17) is 0 Å². The average Bonchev–Trinajstić information content (AvgIpc) is 2.41. The maximum absolute atomic E-state index is 13.5. The Bertz CT molecular complexity index is 452. The molecule has 0 aromatic heterocycles. The number of amides is 1. The number of benzene rings is 1. The first kappa shape index (κ1) is 14.8. The van der Waals surface area contributed by atoms with Gasteiger partial charge in [-0.3, -0.25) is 4.79 Å². The standard InChI is InChI=1S/C13H16BrFN2OS/c14-10-1-2-12(15)9(5-10)7-17-13(18)6-11-8-19-4-3-16-11/h1-2,5,11,16H,3-4,6-8H2,(H,17,18). The Kier molecular flexibility index (Phi) is 5.66. The van der Waals surface area contributed by atoms with E-state index in [1.807, 2.05) is 11.8 Å². The van der Waals surface area contributed by atoms with Crippen LogP contribution >= 0.6 is 27.7 Å². The van der Waals surface area contributed by atoms with Gasteiger partial charge >= 0.3 is 0 Å². The van der Waals surface area contributed by atoms with Gasteiger partial charge in [0, 0.05) is 47.1 Å². The molecule has 1 heterocycles. The van der Waals surface area contributed by atoms with Crippen LogP contribution in [0.5, 0.6) is 0 Å². The minimum absolute atomic E-state index is 0.0422. The lowest BCUT2D eigenvalue weighted by Crippen LogP contribution is -2.41. The van der Waals surface area contributed by atoms with E-state index in [1.165, 1.54) is 6.07 Å². The van der Waals surface area contributed by atoms with E-state index >= 15 is 0 Å². The minimum Gasteiger partial charge on any atom is -0.352 e. The Balaban J connectivity index is 1.81. The molecule has 1 atom stereocenters. The average molecular weight is 347 g/mol. The van der Waals surface area contributed by atoms with E-state index in [0.29, 0.717) is 12.0 Å². The van der Waals surface area contributed by atoms with Gasteiger partial charge in [0.15, 0.2) is 0 Å². The summed E-state index contributed by atoms with van der Waals surface area (Å²) < 4.78 is 14.3. The van der Waals surface area contributed by atoms with Crippen molar-refractivity contribution in [1.82, 2.24) is 10.6 Å². The van der Waals surface area contributed by atoms with E-state index in [1.54, 1.807) is 12.1 Å². The predicted molar refractivity (Wildman–Crippen MR) is 79.7 cm³/mol. The quantitative estimate of drug-likeness (QED) is 0.878. The Labute approximate surface area is 124 Å². The molecule has 2 N–H and O–H groups in total. The Hall–Kier alpha value is -0.590. The molecule has 0 spiro atoms. The van der Waals surface area contributed by atoms with Gasteiger partial charge in [0.1, 0.15) is 5.82 Å². The molecule has 1 aliphatic rings. The van der Waals surface area contributed by atoms with E-state index < -0.39 is 0 Å². The Morgan fingerprint density at radius 2 is 2.42 bits per heavy atom. The van der Waals surface area contributed by atoms with Crippen LogP contribution in [0.3, 0.4) is 0 Å². The first-order valence-electron chi connectivity index (χ1n) is 6.17. The molecule has 6 heteroatoms. The molecule has 1 fully saturated rings. The molecule has 1 saturated heterocycles. The second kappa shape index (κ2) is 7.26. The van der Waals surface area contributed by atoms with Crippen LogP contribution in [-0.4, -0.2) is 30.0 Å². The highest BCUT2D eigenvalue weighted by Crippen LogP contribution is 2.15. The fourth-order valence-corrected chi connectivity index (χ4v) is 3.28. The minimum atomic E-state index is -0.296. The van der Waals surface area contributed by atoms with Crippen LogP contribution in [0.15, 0.2) is 22.7 Å². The summed E-state index contributed by atoms with van der Waals surface area (Å²) in [5.74, 6) is 1.72. The van der Waals surface area contributed by atoms with E-state index in [2.05, 4.69) is 26.6 Å². The number of rotatable bonds is 4. The van der Waals surface area contributed by atoms with Crippen molar-refractivity contribution in [2.45, 2.75) is 19.0 Å². The molecular weight excluding hydrogens is 331 g/mol. The normalized spacial score (nSPS) is 19.2. The third kappa shape index (κ3) is 4.78. The second-order valence-electron chi connectivity index (χ2n) is 4.44. The number of halogens is 2. The van der Waals surface area contributed by atoms with Gasteiger partial charge in [-0.2, -0.15) is 11.8 Å². The van der Waals surface area contributed by atoms with Crippen molar-refractivity contribution in [3.8, 4) is 0 Å². The van der Waals surface area contributed by atoms with Crippen LogP contribution in [0.4, 0.5) is 4.39 Å². The lowest BCUT2D eigenvalue weighted by Gasteiger charge is -2.22. The Morgan fingerprint density at radius 3 is 3.16 bits per heavy atom. The van der Waals surface area contributed by atoms with Gasteiger partial charge in [0.2, 0.25) is 5.91 Å². The molecule has 3 nitrogen and oxygen atoms in total. The molecule has 1 aliphatic heterocycles. The molecule has 19 heavy (non-hydrogen) atoms. The maximum atomic E-state index is 13.5. The van der Waals surface area contributed by atoms with Gasteiger partial charge in [-0.25, -0.2) is 4.39 Å². The summed E-state index contributed by atoms with van der Waals surface area (Å²) >= 11 is 5.15. The summed E-state index contributed by atoms with van der Waals surface area (Å²) in [5.41, 5.74) is 0.494. The van der Waals surface area contributed by atoms with Crippen LogP contribution in [0, 0.1) is 5.82 Å². The maximum Gasteiger partial charge on any atom is 0.221 e. The molecule has 1 aromatic rings. The molecule has 2 rings (SSSR count). The fourth-order valence-electron chi connectivity index (χ4n) is 1.92. The van der Waals surface area contributed by atoms with Crippen molar-refractivity contribution >= 4 is 33.6 Å². The van der Waals surface area contributed by atoms with E-state index in [0.717, 1.165) is 22.5 Å².